The molecule has 96 valence electrons. The van der Waals surface area contributed by atoms with Crippen LogP contribution in [0.5, 0.6) is 0 Å². The van der Waals surface area contributed by atoms with Crippen molar-refractivity contribution >= 4 is 11.9 Å². The number of rotatable bonds is 4. The molecule has 1 amide bonds. The second-order valence-electron chi connectivity index (χ2n) is 4.92. The van der Waals surface area contributed by atoms with Crippen LogP contribution in [-0.4, -0.2) is 47.7 Å². The molecule has 0 spiro atoms. The first-order valence-electron chi connectivity index (χ1n) is 6.24. The molecular formula is C12H19NO4. The summed E-state index contributed by atoms with van der Waals surface area (Å²) in [5.74, 6) is -0.502. The van der Waals surface area contributed by atoms with Crippen LogP contribution in [0, 0.1) is 11.8 Å². The van der Waals surface area contributed by atoms with Gasteiger partial charge in [0.2, 0.25) is 5.91 Å². The van der Waals surface area contributed by atoms with Crippen molar-refractivity contribution in [3.05, 3.63) is 0 Å². The fourth-order valence-corrected chi connectivity index (χ4v) is 2.69. The molecule has 2 fully saturated rings. The second kappa shape index (κ2) is 5.04. The molecule has 0 saturated carbocycles. The van der Waals surface area contributed by atoms with Crippen LogP contribution in [0.15, 0.2) is 0 Å². The molecule has 1 N–H and O–H groups in total. The topological polar surface area (TPSA) is 66.8 Å². The predicted molar refractivity (Wildman–Crippen MR) is 60.5 cm³/mol. The van der Waals surface area contributed by atoms with Crippen molar-refractivity contribution in [3.63, 3.8) is 0 Å². The Morgan fingerprint density at radius 1 is 1.41 bits per heavy atom. The van der Waals surface area contributed by atoms with Gasteiger partial charge in [-0.3, -0.25) is 9.59 Å². The number of nitrogens with zero attached hydrogens (tertiary/aromatic N) is 1. The molecule has 5 heteroatoms. The molecule has 5 nitrogen and oxygen atoms in total. The zero-order valence-electron chi connectivity index (χ0n) is 10.1. The van der Waals surface area contributed by atoms with Crippen LogP contribution in [0.2, 0.25) is 0 Å². The minimum absolute atomic E-state index is 0.00854. The predicted octanol–water partition coefficient (Wildman–Crippen LogP) is 0.735. The standard InChI is InChI=1S/C12H19NO4/c1-2-10-9(3-4-17-10)12(16)13-6-8(7-13)5-11(14)15/h8-10H,2-7H2,1H3,(H,14,15). The molecule has 2 unspecified atom stereocenters. The molecule has 17 heavy (non-hydrogen) atoms. The maximum Gasteiger partial charge on any atom is 0.303 e. The summed E-state index contributed by atoms with van der Waals surface area (Å²) >= 11 is 0. The van der Waals surface area contributed by atoms with Crippen LogP contribution in [-0.2, 0) is 14.3 Å². The van der Waals surface area contributed by atoms with Gasteiger partial charge in [0.05, 0.1) is 18.4 Å². The van der Waals surface area contributed by atoms with Crippen LogP contribution in [0.4, 0.5) is 0 Å². The van der Waals surface area contributed by atoms with Crippen LogP contribution in [0.25, 0.3) is 0 Å². The summed E-state index contributed by atoms with van der Waals surface area (Å²) < 4.78 is 5.50. The van der Waals surface area contributed by atoms with Gasteiger partial charge in [-0.1, -0.05) is 6.92 Å². The number of hydrogen-bond donors (Lipinski definition) is 1. The van der Waals surface area contributed by atoms with Crippen molar-refractivity contribution in [1.82, 2.24) is 4.90 Å². The molecule has 0 radical (unpaired) electrons. The molecule has 0 aromatic carbocycles. The Bertz CT molecular complexity index is 312. The van der Waals surface area contributed by atoms with Gasteiger partial charge in [-0.25, -0.2) is 0 Å². The first-order valence-corrected chi connectivity index (χ1v) is 6.24. The number of likely N-dealkylation sites (tertiary alicyclic amines) is 1. The van der Waals surface area contributed by atoms with E-state index in [1.165, 1.54) is 0 Å². The lowest BCUT2D eigenvalue weighted by Crippen LogP contribution is -2.53. The van der Waals surface area contributed by atoms with Crippen molar-refractivity contribution in [2.24, 2.45) is 11.8 Å². The van der Waals surface area contributed by atoms with Crippen molar-refractivity contribution in [1.29, 1.82) is 0 Å². The van der Waals surface area contributed by atoms with E-state index in [1.54, 1.807) is 4.90 Å². The SMILES string of the molecule is CCC1OCCC1C(=O)N1CC(CC(=O)O)C1. The highest BCUT2D eigenvalue weighted by Gasteiger charge is 2.40. The molecule has 2 rings (SSSR count). The van der Waals surface area contributed by atoms with Crippen LogP contribution >= 0.6 is 0 Å². The Kier molecular flexibility index (Phi) is 3.66. The third-order valence-electron chi connectivity index (χ3n) is 3.66. The van der Waals surface area contributed by atoms with E-state index in [1.807, 2.05) is 6.92 Å². The van der Waals surface area contributed by atoms with E-state index < -0.39 is 5.97 Å². The number of ether oxygens (including phenoxy) is 1. The van der Waals surface area contributed by atoms with E-state index in [2.05, 4.69) is 0 Å². The summed E-state index contributed by atoms with van der Waals surface area (Å²) in [5.41, 5.74) is 0. The van der Waals surface area contributed by atoms with E-state index in [0.717, 1.165) is 12.8 Å². The van der Waals surface area contributed by atoms with E-state index in [0.29, 0.717) is 19.7 Å². The monoisotopic (exact) mass is 241 g/mol. The lowest BCUT2D eigenvalue weighted by molar-refractivity contribution is -0.148. The van der Waals surface area contributed by atoms with Gasteiger partial charge in [0.1, 0.15) is 0 Å². The molecule has 2 aliphatic rings. The maximum atomic E-state index is 12.1. The zero-order valence-corrected chi connectivity index (χ0v) is 10.1. The Morgan fingerprint density at radius 2 is 2.12 bits per heavy atom. The number of carbonyl (C=O) groups excluding carboxylic acids is 1. The molecule has 2 atom stereocenters. The van der Waals surface area contributed by atoms with Gasteiger partial charge >= 0.3 is 5.97 Å². The third kappa shape index (κ3) is 2.60. The summed E-state index contributed by atoms with van der Waals surface area (Å²) in [6.45, 7) is 3.89. The van der Waals surface area contributed by atoms with Gasteiger partial charge in [-0.05, 0) is 12.8 Å². The average molecular weight is 241 g/mol. The quantitative estimate of drug-likeness (QED) is 0.788. The third-order valence-corrected chi connectivity index (χ3v) is 3.66. The van der Waals surface area contributed by atoms with E-state index in [9.17, 15) is 9.59 Å². The largest absolute Gasteiger partial charge is 0.481 e. The van der Waals surface area contributed by atoms with E-state index in [4.69, 9.17) is 9.84 Å². The van der Waals surface area contributed by atoms with Gasteiger partial charge in [0, 0.05) is 25.6 Å². The number of carbonyl (C=O) groups is 2. The molecule has 0 aromatic rings. The summed E-state index contributed by atoms with van der Waals surface area (Å²) in [6.07, 6.45) is 1.89. The smallest absolute Gasteiger partial charge is 0.303 e. The summed E-state index contributed by atoms with van der Waals surface area (Å²) in [5, 5.41) is 8.64. The van der Waals surface area contributed by atoms with Gasteiger partial charge < -0.3 is 14.7 Å². The molecule has 0 aliphatic carbocycles. The van der Waals surface area contributed by atoms with Crippen molar-refractivity contribution in [2.45, 2.75) is 32.3 Å². The lowest BCUT2D eigenvalue weighted by Gasteiger charge is -2.40. The Labute approximate surface area is 101 Å². The molecular weight excluding hydrogens is 222 g/mol. The molecule has 2 saturated heterocycles. The van der Waals surface area contributed by atoms with Gasteiger partial charge in [-0.2, -0.15) is 0 Å². The number of carboxylic acids is 1. The minimum atomic E-state index is -0.780. The first kappa shape index (κ1) is 12.4. The number of amides is 1. The van der Waals surface area contributed by atoms with Crippen LogP contribution in [0.3, 0.4) is 0 Å². The maximum absolute atomic E-state index is 12.1. The van der Waals surface area contributed by atoms with Crippen LogP contribution in [0.1, 0.15) is 26.2 Å². The van der Waals surface area contributed by atoms with Crippen molar-refractivity contribution in [3.8, 4) is 0 Å². The highest BCUT2D eigenvalue weighted by atomic mass is 16.5. The summed E-state index contributed by atoms with van der Waals surface area (Å²) in [7, 11) is 0. The minimum Gasteiger partial charge on any atom is -0.481 e. The normalized spacial score (nSPS) is 29.1. The molecule has 2 heterocycles. The summed E-state index contributed by atoms with van der Waals surface area (Å²) in [4.78, 5) is 24.4. The van der Waals surface area contributed by atoms with Gasteiger partial charge in [0.15, 0.2) is 0 Å². The lowest BCUT2D eigenvalue weighted by atomic mass is 9.91. The zero-order chi connectivity index (χ0) is 12.4. The fourth-order valence-electron chi connectivity index (χ4n) is 2.69. The number of hydrogen-bond acceptors (Lipinski definition) is 3. The van der Waals surface area contributed by atoms with Crippen LogP contribution < -0.4 is 0 Å². The highest BCUT2D eigenvalue weighted by Crippen LogP contribution is 2.29. The van der Waals surface area contributed by atoms with Crippen molar-refractivity contribution in [2.75, 3.05) is 19.7 Å². The molecule has 2 aliphatic heterocycles. The first-order chi connectivity index (χ1) is 8.11. The Morgan fingerprint density at radius 3 is 2.71 bits per heavy atom. The van der Waals surface area contributed by atoms with E-state index >= 15 is 0 Å². The van der Waals surface area contributed by atoms with Gasteiger partial charge in [0.25, 0.3) is 0 Å². The summed E-state index contributed by atoms with van der Waals surface area (Å²) in [6, 6.07) is 0. The fraction of sp³-hybridized carbons (Fsp3) is 0.833. The average Bonchev–Trinajstić information content (AvgIpc) is 2.69. The molecule has 0 bridgehead atoms. The van der Waals surface area contributed by atoms with Gasteiger partial charge in [-0.15, -0.1) is 0 Å². The molecule has 0 aromatic heterocycles. The van der Waals surface area contributed by atoms with E-state index in [-0.39, 0.29) is 30.3 Å². The number of aliphatic carboxylic acids is 1. The van der Waals surface area contributed by atoms with Crippen molar-refractivity contribution < 1.29 is 19.4 Å². The highest BCUT2D eigenvalue weighted by molar-refractivity contribution is 5.80. The Balaban J connectivity index is 1.80. The second-order valence-corrected chi connectivity index (χ2v) is 4.92. The number of carboxylic acid groups (broad SMARTS) is 1. The Hall–Kier alpha value is -1.10.